The Hall–Kier alpha value is -2.42. The summed E-state index contributed by atoms with van der Waals surface area (Å²) in [5.74, 6) is 0.251. The molecule has 3 N–H and O–H groups in total. The fraction of sp³-hybridized carbons (Fsp3) is 0.391. The number of nitrogens with one attached hydrogen (secondary N) is 3. The Kier molecular flexibility index (Phi) is 6.83. The molecular formula is C23H27ClN4O3S. The molecule has 7 nitrogen and oxygen atoms in total. The summed E-state index contributed by atoms with van der Waals surface area (Å²) in [6, 6.07) is 14.0. The average molecular weight is 475 g/mol. The molecule has 0 atom stereocenters. The molecule has 9 heteroatoms. The largest absolute Gasteiger partial charge is 0.325 e. The number of carbonyl (C=O) groups excluding carboxylic acids is 1. The van der Waals surface area contributed by atoms with E-state index in [-0.39, 0.29) is 22.9 Å². The lowest BCUT2D eigenvalue weighted by atomic mass is 9.88. The molecule has 1 heterocycles. The molecule has 1 aliphatic heterocycles. The van der Waals surface area contributed by atoms with Crippen molar-refractivity contribution in [1.82, 2.24) is 10.0 Å². The summed E-state index contributed by atoms with van der Waals surface area (Å²) in [7, 11) is -3.74. The summed E-state index contributed by atoms with van der Waals surface area (Å²) in [5, 5.41) is 6.93. The Morgan fingerprint density at radius 1 is 1.06 bits per heavy atom. The molecule has 0 spiro atoms. The normalized spacial score (nSPS) is 17.7. The van der Waals surface area contributed by atoms with Crippen molar-refractivity contribution < 1.29 is 13.2 Å². The van der Waals surface area contributed by atoms with Crippen molar-refractivity contribution in [2.45, 2.75) is 49.0 Å². The van der Waals surface area contributed by atoms with Crippen LogP contribution in [-0.4, -0.2) is 33.3 Å². The monoisotopic (exact) mass is 474 g/mol. The van der Waals surface area contributed by atoms with Crippen LogP contribution in [0.15, 0.2) is 58.4 Å². The molecule has 0 unspecified atom stereocenters. The first-order valence-corrected chi connectivity index (χ1v) is 12.7. The zero-order chi connectivity index (χ0) is 22.6. The van der Waals surface area contributed by atoms with E-state index in [9.17, 15) is 13.2 Å². The number of carbonyl (C=O) groups is 1. The maximum absolute atomic E-state index is 12.7. The van der Waals surface area contributed by atoms with E-state index in [2.05, 4.69) is 20.3 Å². The molecule has 1 saturated carbocycles. The second-order valence-corrected chi connectivity index (χ2v) is 10.4. The van der Waals surface area contributed by atoms with Gasteiger partial charge in [-0.2, -0.15) is 0 Å². The standard InChI is InChI=1S/C23H27ClN4O3S/c24-18-10-8-17(9-11-18)23(12-1-2-13-23)26-16-22(29)27-19-5-3-6-20(15-19)32(30,31)28-21-7-4-14-25-21/h3,5-6,8-11,15,26H,1-2,4,7,12-14,16H2,(H,25,28)(H,27,29). The Morgan fingerprint density at radius 2 is 1.81 bits per heavy atom. The summed E-state index contributed by atoms with van der Waals surface area (Å²) in [4.78, 5) is 16.9. The molecule has 1 aliphatic carbocycles. The number of amidine groups is 1. The van der Waals surface area contributed by atoms with Crippen LogP contribution in [0.3, 0.4) is 0 Å². The van der Waals surface area contributed by atoms with Gasteiger partial charge in [0.2, 0.25) is 5.91 Å². The first-order chi connectivity index (χ1) is 15.4. The van der Waals surface area contributed by atoms with Gasteiger partial charge >= 0.3 is 0 Å². The number of benzene rings is 2. The molecule has 0 aromatic heterocycles. The van der Waals surface area contributed by atoms with Gasteiger partial charge in [-0.1, -0.05) is 42.6 Å². The minimum atomic E-state index is -3.74. The predicted octanol–water partition coefficient (Wildman–Crippen LogP) is 3.81. The Bertz CT molecular complexity index is 1110. The van der Waals surface area contributed by atoms with Crippen molar-refractivity contribution in [1.29, 1.82) is 0 Å². The highest BCUT2D eigenvalue weighted by atomic mass is 35.5. The Morgan fingerprint density at radius 3 is 2.50 bits per heavy atom. The van der Waals surface area contributed by atoms with Crippen LogP contribution in [0.25, 0.3) is 0 Å². The van der Waals surface area contributed by atoms with Crippen LogP contribution >= 0.6 is 11.6 Å². The summed E-state index contributed by atoms with van der Waals surface area (Å²) in [6.45, 7) is 0.757. The third-order valence-corrected chi connectivity index (χ3v) is 7.63. The van der Waals surface area contributed by atoms with Crippen LogP contribution in [0, 0.1) is 0 Å². The van der Waals surface area contributed by atoms with E-state index in [0.717, 1.165) is 37.7 Å². The van der Waals surface area contributed by atoms with Crippen molar-refractivity contribution in [2.24, 2.45) is 4.99 Å². The fourth-order valence-electron chi connectivity index (χ4n) is 4.35. The second kappa shape index (κ2) is 9.60. The van der Waals surface area contributed by atoms with Gasteiger partial charge < -0.3 is 5.32 Å². The first-order valence-electron chi connectivity index (χ1n) is 10.8. The zero-order valence-electron chi connectivity index (χ0n) is 17.7. The summed E-state index contributed by atoms with van der Waals surface area (Å²) >= 11 is 6.04. The SMILES string of the molecule is O=C(CNC1(c2ccc(Cl)cc2)CCCC1)Nc1cccc(S(=O)(=O)NC2=NCCC2)c1. The van der Waals surface area contributed by atoms with Crippen molar-refractivity contribution in [3.63, 3.8) is 0 Å². The molecule has 0 saturated heterocycles. The smallest absolute Gasteiger partial charge is 0.262 e. The lowest BCUT2D eigenvalue weighted by Crippen LogP contribution is -2.44. The number of rotatable bonds is 7. The van der Waals surface area contributed by atoms with Gasteiger partial charge in [-0.3, -0.25) is 19.8 Å². The minimum absolute atomic E-state index is 0.0892. The van der Waals surface area contributed by atoms with Crippen molar-refractivity contribution in [3.05, 3.63) is 59.1 Å². The third-order valence-electron chi connectivity index (χ3n) is 6.00. The number of hydrogen-bond donors (Lipinski definition) is 3. The van der Waals surface area contributed by atoms with E-state index in [1.807, 2.05) is 24.3 Å². The maximum atomic E-state index is 12.7. The van der Waals surface area contributed by atoms with Gasteiger partial charge in [-0.25, -0.2) is 8.42 Å². The second-order valence-electron chi connectivity index (χ2n) is 8.26. The van der Waals surface area contributed by atoms with Crippen molar-refractivity contribution in [2.75, 3.05) is 18.4 Å². The molecule has 4 rings (SSSR count). The highest BCUT2D eigenvalue weighted by Crippen LogP contribution is 2.39. The van der Waals surface area contributed by atoms with Crippen molar-refractivity contribution >= 4 is 39.1 Å². The Balaban J connectivity index is 1.40. The van der Waals surface area contributed by atoms with Crippen LogP contribution in [0.5, 0.6) is 0 Å². The number of nitrogens with zero attached hydrogens (tertiary/aromatic N) is 1. The van der Waals surface area contributed by atoms with Crippen LogP contribution in [0.1, 0.15) is 44.1 Å². The molecule has 2 aromatic rings. The van der Waals surface area contributed by atoms with E-state index in [1.54, 1.807) is 12.1 Å². The molecule has 1 fully saturated rings. The van der Waals surface area contributed by atoms with Gasteiger partial charge in [-0.05, 0) is 55.2 Å². The molecule has 1 amide bonds. The number of sulfonamides is 1. The number of aliphatic imine (C=N–C) groups is 1. The first kappa shape index (κ1) is 22.8. The summed E-state index contributed by atoms with van der Waals surface area (Å²) in [6.07, 6.45) is 5.55. The van der Waals surface area contributed by atoms with Crippen LogP contribution in [-0.2, 0) is 20.4 Å². The zero-order valence-corrected chi connectivity index (χ0v) is 19.3. The van der Waals surface area contributed by atoms with Gasteiger partial charge in [0.1, 0.15) is 5.84 Å². The van der Waals surface area contributed by atoms with Crippen LogP contribution < -0.4 is 15.4 Å². The van der Waals surface area contributed by atoms with E-state index in [0.29, 0.717) is 29.5 Å². The lowest BCUT2D eigenvalue weighted by molar-refractivity contribution is -0.115. The van der Waals surface area contributed by atoms with E-state index < -0.39 is 10.0 Å². The number of hydrogen-bond acceptors (Lipinski definition) is 5. The van der Waals surface area contributed by atoms with Gasteiger partial charge in [0, 0.05) is 29.2 Å². The van der Waals surface area contributed by atoms with Gasteiger partial charge in [-0.15, -0.1) is 0 Å². The number of anilines is 1. The molecule has 170 valence electrons. The summed E-state index contributed by atoms with van der Waals surface area (Å²) in [5.41, 5.74) is 1.31. The van der Waals surface area contributed by atoms with Gasteiger partial charge in [0.15, 0.2) is 0 Å². The highest BCUT2D eigenvalue weighted by Gasteiger charge is 2.35. The van der Waals surface area contributed by atoms with Gasteiger partial charge in [0.25, 0.3) is 10.0 Å². The van der Waals surface area contributed by atoms with Gasteiger partial charge in [0.05, 0.1) is 11.4 Å². The topological polar surface area (TPSA) is 99.7 Å². The predicted molar refractivity (Wildman–Crippen MR) is 127 cm³/mol. The van der Waals surface area contributed by atoms with Crippen LogP contribution in [0.4, 0.5) is 5.69 Å². The molecule has 2 aromatic carbocycles. The average Bonchev–Trinajstić information content (AvgIpc) is 3.46. The number of amides is 1. The van der Waals surface area contributed by atoms with E-state index >= 15 is 0 Å². The molecular weight excluding hydrogens is 448 g/mol. The quantitative estimate of drug-likeness (QED) is 0.568. The maximum Gasteiger partial charge on any atom is 0.262 e. The minimum Gasteiger partial charge on any atom is -0.325 e. The lowest BCUT2D eigenvalue weighted by Gasteiger charge is -2.31. The highest BCUT2D eigenvalue weighted by molar-refractivity contribution is 7.90. The molecule has 0 radical (unpaired) electrons. The fourth-order valence-corrected chi connectivity index (χ4v) is 5.61. The Labute approximate surface area is 193 Å². The van der Waals surface area contributed by atoms with E-state index in [1.165, 1.54) is 12.1 Å². The molecule has 0 bridgehead atoms. The van der Waals surface area contributed by atoms with Crippen LogP contribution in [0.2, 0.25) is 5.02 Å². The molecule has 2 aliphatic rings. The number of halogens is 1. The summed E-state index contributed by atoms with van der Waals surface area (Å²) < 4.78 is 27.8. The third kappa shape index (κ3) is 5.31. The molecule has 32 heavy (non-hydrogen) atoms. The van der Waals surface area contributed by atoms with E-state index in [4.69, 9.17) is 11.6 Å². The van der Waals surface area contributed by atoms with Crippen molar-refractivity contribution in [3.8, 4) is 0 Å².